The summed E-state index contributed by atoms with van der Waals surface area (Å²) < 4.78 is 5.74. The Morgan fingerprint density at radius 2 is 1.58 bits per heavy atom. The van der Waals surface area contributed by atoms with Crippen LogP contribution in [-0.4, -0.2) is 14.2 Å². The van der Waals surface area contributed by atoms with Crippen LogP contribution < -0.4 is 5.32 Å². The third-order valence-corrected chi connectivity index (χ3v) is 3.52. The van der Waals surface area contributed by atoms with Gasteiger partial charge >= 0.3 is 0 Å². The summed E-state index contributed by atoms with van der Waals surface area (Å²) in [5.74, 6) is 0. The van der Waals surface area contributed by atoms with Gasteiger partial charge in [-0.05, 0) is 30.7 Å². The molecule has 2 heteroatoms. The fourth-order valence-electron chi connectivity index (χ4n) is 2.51. The van der Waals surface area contributed by atoms with Gasteiger partial charge in [0.25, 0.3) is 0 Å². The Hall–Kier alpha value is -1.64. The molecule has 0 aliphatic rings. The molecular weight excluding hydrogens is 234 g/mol. The van der Waals surface area contributed by atoms with Crippen LogP contribution in [0.2, 0.25) is 0 Å². The Balaban J connectivity index is 2.38. The van der Waals surface area contributed by atoms with E-state index in [1.165, 1.54) is 16.7 Å². The summed E-state index contributed by atoms with van der Waals surface area (Å²) in [6, 6.07) is 18.9. The quantitative estimate of drug-likeness (QED) is 0.880. The number of ether oxygens (including phenoxy) is 1. The molecule has 2 unspecified atom stereocenters. The van der Waals surface area contributed by atoms with E-state index in [0.717, 1.165) is 0 Å². The van der Waals surface area contributed by atoms with Crippen molar-refractivity contribution in [3.8, 4) is 0 Å². The Bertz CT molecular complexity index is 510. The zero-order chi connectivity index (χ0) is 13.7. The van der Waals surface area contributed by atoms with E-state index in [1.807, 2.05) is 25.2 Å². The van der Waals surface area contributed by atoms with Crippen molar-refractivity contribution in [2.24, 2.45) is 0 Å². The van der Waals surface area contributed by atoms with Crippen molar-refractivity contribution >= 4 is 0 Å². The third kappa shape index (κ3) is 3.03. The molecule has 2 atom stereocenters. The van der Waals surface area contributed by atoms with Gasteiger partial charge in [-0.2, -0.15) is 0 Å². The van der Waals surface area contributed by atoms with Gasteiger partial charge in [-0.1, -0.05) is 54.6 Å². The second kappa shape index (κ2) is 6.50. The average Bonchev–Trinajstić information content (AvgIpc) is 2.46. The van der Waals surface area contributed by atoms with Crippen LogP contribution in [0.3, 0.4) is 0 Å². The van der Waals surface area contributed by atoms with E-state index in [0.29, 0.717) is 0 Å². The maximum absolute atomic E-state index is 5.74. The predicted octanol–water partition coefficient (Wildman–Crippen LogP) is 3.64. The molecule has 2 rings (SSSR count). The minimum absolute atomic E-state index is 0.00676. The second-order valence-corrected chi connectivity index (χ2v) is 4.69. The van der Waals surface area contributed by atoms with Crippen LogP contribution >= 0.6 is 0 Å². The van der Waals surface area contributed by atoms with Crippen molar-refractivity contribution in [3.05, 3.63) is 71.3 Å². The standard InChI is InChI=1S/C17H21NO/c1-13-9-7-8-12-15(13)16(18-2)17(19-3)14-10-5-4-6-11-14/h4-12,16-18H,1-3H3. The molecule has 1 N–H and O–H groups in total. The SMILES string of the molecule is CNC(c1ccccc1C)C(OC)c1ccccc1. The highest BCUT2D eigenvalue weighted by molar-refractivity contribution is 5.32. The average molecular weight is 255 g/mol. The van der Waals surface area contributed by atoms with Crippen molar-refractivity contribution in [3.63, 3.8) is 0 Å². The highest BCUT2D eigenvalue weighted by atomic mass is 16.5. The summed E-state index contributed by atoms with van der Waals surface area (Å²) in [6.45, 7) is 2.14. The number of nitrogens with one attached hydrogen (secondary N) is 1. The lowest BCUT2D eigenvalue weighted by molar-refractivity contribution is 0.0700. The van der Waals surface area contributed by atoms with E-state index >= 15 is 0 Å². The summed E-state index contributed by atoms with van der Waals surface area (Å²) in [5, 5.41) is 3.38. The van der Waals surface area contributed by atoms with Gasteiger partial charge in [-0.3, -0.25) is 0 Å². The molecule has 0 aliphatic heterocycles. The number of hydrogen-bond acceptors (Lipinski definition) is 2. The second-order valence-electron chi connectivity index (χ2n) is 4.69. The lowest BCUT2D eigenvalue weighted by Crippen LogP contribution is -2.25. The van der Waals surface area contributed by atoms with Crippen molar-refractivity contribution in [1.82, 2.24) is 5.32 Å². The zero-order valence-electron chi connectivity index (χ0n) is 11.8. The van der Waals surface area contributed by atoms with Crippen molar-refractivity contribution in [1.29, 1.82) is 0 Å². The van der Waals surface area contributed by atoms with Crippen LogP contribution in [0.5, 0.6) is 0 Å². The number of rotatable bonds is 5. The number of methoxy groups -OCH3 is 1. The van der Waals surface area contributed by atoms with Gasteiger partial charge in [0, 0.05) is 7.11 Å². The van der Waals surface area contributed by atoms with Crippen molar-refractivity contribution in [2.75, 3.05) is 14.2 Å². The largest absolute Gasteiger partial charge is 0.375 e. The molecule has 0 amide bonds. The molecule has 0 saturated carbocycles. The molecule has 2 aromatic rings. The Labute approximate surface area is 115 Å². The van der Waals surface area contributed by atoms with Gasteiger partial charge in [-0.25, -0.2) is 0 Å². The van der Waals surface area contributed by atoms with Crippen molar-refractivity contribution in [2.45, 2.75) is 19.1 Å². The Morgan fingerprint density at radius 3 is 2.16 bits per heavy atom. The third-order valence-electron chi connectivity index (χ3n) is 3.52. The molecule has 2 aromatic carbocycles. The number of benzene rings is 2. The van der Waals surface area contributed by atoms with E-state index in [4.69, 9.17) is 4.74 Å². The smallest absolute Gasteiger partial charge is 0.102 e. The fourth-order valence-corrected chi connectivity index (χ4v) is 2.51. The first-order chi connectivity index (χ1) is 9.27. The van der Waals surface area contributed by atoms with Gasteiger partial charge in [0.05, 0.1) is 6.04 Å². The summed E-state index contributed by atoms with van der Waals surface area (Å²) in [5.41, 5.74) is 3.74. The number of likely N-dealkylation sites (N-methyl/N-ethyl adjacent to an activating group) is 1. The van der Waals surface area contributed by atoms with Gasteiger partial charge in [-0.15, -0.1) is 0 Å². The van der Waals surface area contributed by atoms with Crippen molar-refractivity contribution < 1.29 is 4.74 Å². The number of hydrogen-bond donors (Lipinski definition) is 1. The summed E-state index contributed by atoms with van der Waals surface area (Å²) >= 11 is 0. The minimum Gasteiger partial charge on any atom is -0.375 e. The van der Waals surface area contributed by atoms with E-state index in [1.54, 1.807) is 7.11 Å². The van der Waals surface area contributed by atoms with Crippen LogP contribution in [0.25, 0.3) is 0 Å². The van der Waals surface area contributed by atoms with Gasteiger partial charge in [0.2, 0.25) is 0 Å². The van der Waals surface area contributed by atoms with Gasteiger partial charge in [0.15, 0.2) is 0 Å². The molecule has 0 fully saturated rings. The van der Waals surface area contributed by atoms with Crippen LogP contribution in [0, 0.1) is 6.92 Å². The van der Waals surface area contributed by atoms with E-state index in [2.05, 4.69) is 48.6 Å². The Morgan fingerprint density at radius 1 is 0.947 bits per heavy atom. The predicted molar refractivity (Wildman–Crippen MR) is 79.2 cm³/mol. The summed E-state index contributed by atoms with van der Waals surface area (Å²) in [7, 11) is 3.74. The Kier molecular flexibility index (Phi) is 4.72. The van der Waals surface area contributed by atoms with E-state index < -0.39 is 0 Å². The molecule has 19 heavy (non-hydrogen) atoms. The summed E-state index contributed by atoms with van der Waals surface area (Å²) in [4.78, 5) is 0. The minimum atomic E-state index is 0.00676. The van der Waals surface area contributed by atoms with E-state index in [9.17, 15) is 0 Å². The fraction of sp³-hybridized carbons (Fsp3) is 0.294. The van der Waals surface area contributed by atoms with E-state index in [-0.39, 0.29) is 12.1 Å². The molecule has 2 nitrogen and oxygen atoms in total. The lowest BCUT2D eigenvalue weighted by atomic mass is 9.93. The summed E-state index contributed by atoms with van der Waals surface area (Å²) in [6.07, 6.45) is 0.00676. The van der Waals surface area contributed by atoms with Gasteiger partial charge < -0.3 is 10.1 Å². The maximum Gasteiger partial charge on any atom is 0.102 e. The lowest BCUT2D eigenvalue weighted by Gasteiger charge is -2.27. The first-order valence-corrected chi connectivity index (χ1v) is 6.58. The van der Waals surface area contributed by atoms with Crippen LogP contribution in [0.15, 0.2) is 54.6 Å². The first-order valence-electron chi connectivity index (χ1n) is 6.58. The highest BCUT2D eigenvalue weighted by Crippen LogP contribution is 2.32. The molecule has 0 aromatic heterocycles. The van der Waals surface area contributed by atoms with Crippen LogP contribution in [-0.2, 0) is 4.74 Å². The molecule has 100 valence electrons. The molecule has 0 aliphatic carbocycles. The normalized spacial score (nSPS) is 14.1. The number of aryl methyl sites for hydroxylation is 1. The maximum atomic E-state index is 5.74. The van der Waals surface area contributed by atoms with Crippen LogP contribution in [0.4, 0.5) is 0 Å². The molecule has 0 saturated heterocycles. The topological polar surface area (TPSA) is 21.3 Å². The highest BCUT2D eigenvalue weighted by Gasteiger charge is 2.24. The zero-order valence-corrected chi connectivity index (χ0v) is 11.8. The molecule has 0 heterocycles. The van der Waals surface area contributed by atoms with Crippen LogP contribution in [0.1, 0.15) is 28.8 Å². The molecule has 0 spiro atoms. The molecule has 0 radical (unpaired) electrons. The van der Waals surface area contributed by atoms with Gasteiger partial charge in [0.1, 0.15) is 6.10 Å². The molecular formula is C17H21NO. The first kappa shape index (κ1) is 13.8. The molecule has 0 bridgehead atoms. The monoisotopic (exact) mass is 255 g/mol.